The number of piperidine rings is 1. The average Bonchev–Trinajstić information content (AvgIpc) is 2.89. The summed E-state index contributed by atoms with van der Waals surface area (Å²) in [4.78, 5) is 39.7. The summed E-state index contributed by atoms with van der Waals surface area (Å²) >= 11 is 0. The lowest BCUT2D eigenvalue weighted by Gasteiger charge is -2.32. The Morgan fingerprint density at radius 2 is 2.12 bits per heavy atom. The second-order valence-electron chi connectivity index (χ2n) is 6.76. The molecule has 2 bridgehead atoms. The van der Waals surface area contributed by atoms with Crippen LogP contribution in [0.1, 0.15) is 12.8 Å². The summed E-state index contributed by atoms with van der Waals surface area (Å²) in [6.07, 6.45) is 1.77. The Bertz CT molecular complexity index is 750. The van der Waals surface area contributed by atoms with E-state index in [1.165, 1.54) is 0 Å². The Hall–Kier alpha value is -2.77. The van der Waals surface area contributed by atoms with E-state index in [4.69, 9.17) is 4.74 Å². The first kappa shape index (κ1) is 15.7. The van der Waals surface area contributed by atoms with Gasteiger partial charge in [0.2, 0.25) is 5.91 Å². The van der Waals surface area contributed by atoms with Crippen molar-refractivity contribution in [2.45, 2.75) is 18.9 Å². The first-order valence-corrected chi connectivity index (χ1v) is 8.40. The number of nitrogens with one attached hydrogen (secondary N) is 2. The summed E-state index contributed by atoms with van der Waals surface area (Å²) in [6, 6.07) is 4.97. The molecule has 4 heterocycles. The number of likely N-dealkylation sites (N-methyl/N-ethyl adjacent to an activating group) is 1. The van der Waals surface area contributed by atoms with Crippen LogP contribution in [0.4, 0.5) is 16.2 Å². The van der Waals surface area contributed by atoms with Gasteiger partial charge in [0, 0.05) is 37.9 Å². The van der Waals surface area contributed by atoms with E-state index in [0.29, 0.717) is 30.2 Å². The SMILES string of the molecule is CN1C(=O)[C@@H]2CC[C@H]1CN(C(=O)Nc1ccc3c(c1)OCC(=O)N3)C2. The molecule has 25 heavy (non-hydrogen) atoms. The van der Waals surface area contributed by atoms with E-state index in [9.17, 15) is 14.4 Å². The molecule has 8 nitrogen and oxygen atoms in total. The largest absolute Gasteiger partial charge is 0.482 e. The number of hydrogen-bond acceptors (Lipinski definition) is 4. The molecule has 4 aliphatic heterocycles. The first-order chi connectivity index (χ1) is 12.0. The van der Waals surface area contributed by atoms with Crippen LogP contribution in [-0.4, -0.2) is 60.4 Å². The molecule has 0 aromatic heterocycles. The van der Waals surface area contributed by atoms with Gasteiger partial charge < -0.3 is 25.2 Å². The van der Waals surface area contributed by atoms with Gasteiger partial charge in [-0.3, -0.25) is 9.59 Å². The highest BCUT2D eigenvalue weighted by atomic mass is 16.5. The molecule has 0 spiro atoms. The summed E-state index contributed by atoms with van der Waals surface area (Å²) in [6.45, 7) is 0.958. The molecule has 0 radical (unpaired) electrons. The highest BCUT2D eigenvalue weighted by molar-refractivity contribution is 5.97. The van der Waals surface area contributed by atoms with Crippen LogP contribution in [-0.2, 0) is 9.59 Å². The van der Waals surface area contributed by atoms with Crippen LogP contribution in [0.15, 0.2) is 18.2 Å². The minimum Gasteiger partial charge on any atom is -0.482 e. The third kappa shape index (κ3) is 2.88. The van der Waals surface area contributed by atoms with E-state index >= 15 is 0 Å². The van der Waals surface area contributed by atoms with Crippen molar-refractivity contribution in [2.24, 2.45) is 5.92 Å². The van der Waals surface area contributed by atoms with Crippen molar-refractivity contribution in [1.82, 2.24) is 9.80 Å². The van der Waals surface area contributed by atoms with Gasteiger partial charge in [0.1, 0.15) is 5.75 Å². The predicted molar refractivity (Wildman–Crippen MR) is 90.4 cm³/mol. The average molecular weight is 344 g/mol. The van der Waals surface area contributed by atoms with Gasteiger partial charge in [0.05, 0.1) is 11.6 Å². The van der Waals surface area contributed by atoms with E-state index in [1.54, 1.807) is 28.0 Å². The lowest BCUT2D eigenvalue weighted by Crippen LogP contribution is -2.45. The zero-order valence-electron chi connectivity index (χ0n) is 13.9. The first-order valence-electron chi connectivity index (χ1n) is 8.40. The smallest absolute Gasteiger partial charge is 0.321 e. The van der Waals surface area contributed by atoms with Crippen LogP contribution in [0.5, 0.6) is 5.75 Å². The molecule has 3 fully saturated rings. The van der Waals surface area contributed by atoms with Crippen molar-refractivity contribution < 1.29 is 19.1 Å². The van der Waals surface area contributed by atoms with Gasteiger partial charge in [-0.15, -0.1) is 0 Å². The molecule has 132 valence electrons. The molecule has 0 unspecified atom stereocenters. The third-order valence-electron chi connectivity index (χ3n) is 5.12. The molecule has 0 aliphatic carbocycles. The molecule has 2 atom stereocenters. The lowest BCUT2D eigenvalue weighted by molar-refractivity contribution is -0.138. The second kappa shape index (κ2) is 5.94. The minimum atomic E-state index is -0.222. The fourth-order valence-electron chi connectivity index (χ4n) is 3.68. The molecular formula is C17H20N4O4. The monoisotopic (exact) mass is 344 g/mol. The highest BCUT2D eigenvalue weighted by Crippen LogP contribution is 2.31. The van der Waals surface area contributed by atoms with E-state index in [-0.39, 0.29) is 36.4 Å². The molecule has 3 saturated heterocycles. The summed E-state index contributed by atoms with van der Waals surface area (Å²) < 4.78 is 5.37. The van der Waals surface area contributed by atoms with Crippen molar-refractivity contribution in [2.75, 3.05) is 37.4 Å². The van der Waals surface area contributed by atoms with Crippen LogP contribution in [0, 0.1) is 5.92 Å². The number of nitrogens with zero attached hydrogens (tertiary/aromatic N) is 2. The van der Waals surface area contributed by atoms with Crippen LogP contribution in [0.2, 0.25) is 0 Å². The zero-order valence-corrected chi connectivity index (χ0v) is 13.9. The summed E-state index contributed by atoms with van der Waals surface area (Å²) in [7, 11) is 1.82. The van der Waals surface area contributed by atoms with E-state index < -0.39 is 0 Å². The summed E-state index contributed by atoms with van der Waals surface area (Å²) in [5.74, 6) is 0.349. The maximum Gasteiger partial charge on any atom is 0.321 e. The fourth-order valence-corrected chi connectivity index (χ4v) is 3.68. The highest BCUT2D eigenvalue weighted by Gasteiger charge is 2.40. The Labute approximate surface area is 145 Å². The number of benzene rings is 1. The maximum absolute atomic E-state index is 12.6. The van der Waals surface area contributed by atoms with Gasteiger partial charge in [-0.1, -0.05) is 0 Å². The fraction of sp³-hybridized carbons (Fsp3) is 0.471. The van der Waals surface area contributed by atoms with Gasteiger partial charge >= 0.3 is 6.03 Å². The number of rotatable bonds is 1. The van der Waals surface area contributed by atoms with Crippen molar-refractivity contribution in [3.8, 4) is 5.75 Å². The lowest BCUT2D eigenvalue weighted by atomic mass is 9.95. The molecule has 5 rings (SSSR count). The molecule has 1 aromatic carbocycles. The molecule has 0 saturated carbocycles. The van der Waals surface area contributed by atoms with Crippen molar-refractivity contribution in [1.29, 1.82) is 0 Å². The van der Waals surface area contributed by atoms with Gasteiger partial charge in [0.15, 0.2) is 6.61 Å². The molecule has 4 amide bonds. The quantitative estimate of drug-likeness (QED) is 0.798. The van der Waals surface area contributed by atoms with E-state index in [1.807, 2.05) is 7.05 Å². The number of hydrogen-bond donors (Lipinski definition) is 2. The van der Waals surface area contributed by atoms with Crippen molar-refractivity contribution in [3.63, 3.8) is 0 Å². The van der Waals surface area contributed by atoms with Crippen molar-refractivity contribution in [3.05, 3.63) is 18.2 Å². The molecule has 4 aliphatic rings. The number of amides is 4. The Kier molecular flexibility index (Phi) is 3.74. The number of anilines is 2. The van der Waals surface area contributed by atoms with Crippen LogP contribution < -0.4 is 15.4 Å². The normalized spacial score (nSPS) is 25.0. The molecule has 2 N–H and O–H groups in total. The summed E-state index contributed by atoms with van der Waals surface area (Å²) in [5, 5.41) is 5.58. The predicted octanol–water partition coefficient (Wildman–Crippen LogP) is 1.10. The van der Waals surface area contributed by atoms with Crippen LogP contribution >= 0.6 is 0 Å². The van der Waals surface area contributed by atoms with Gasteiger partial charge in [-0.05, 0) is 25.0 Å². The maximum atomic E-state index is 12.6. The molecular weight excluding hydrogens is 324 g/mol. The number of ether oxygens (including phenoxy) is 1. The van der Waals surface area contributed by atoms with Crippen LogP contribution in [0.3, 0.4) is 0 Å². The molecule has 8 heteroatoms. The topological polar surface area (TPSA) is 91.0 Å². The van der Waals surface area contributed by atoms with Crippen LogP contribution in [0.25, 0.3) is 0 Å². The Balaban J connectivity index is 1.47. The molecule has 1 aromatic rings. The van der Waals surface area contributed by atoms with Gasteiger partial charge in [-0.2, -0.15) is 0 Å². The second-order valence-corrected chi connectivity index (χ2v) is 6.76. The number of carbonyl (C=O) groups is 3. The zero-order chi connectivity index (χ0) is 17.6. The Morgan fingerprint density at radius 3 is 2.96 bits per heavy atom. The van der Waals surface area contributed by atoms with Crippen molar-refractivity contribution >= 4 is 29.2 Å². The Morgan fingerprint density at radius 1 is 1.28 bits per heavy atom. The summed E-state index contributed by atoms with van der Waals surface area (Å²) in [5.41, 5.74) is 1.19. The van der Waals surface area contributed by atoms with Gasteiger partial charge in [0.25, 0.3) is 5.91 Å². The standard InChI is InChI=1S/C17H20N4O4/c1-20-12-4-2-10(16(20)23)7-21(8-12)17(24)18-11-3-5-13-14(6-11)25-9-15(22)19-13/h3,5-6,10,12H,2,4,7-9H2,1H3,(H,18,24)(H,19,22)/t10-,12+/m1/s1. The third-order valence-corrected chi connectivity index (χ3v) is 5.12. The number of urea groups is 1. The van der Waals surface area contributed by atoms with E-state index in [2.05, 4.69) is 10.6 Å². The number of carbonyl (C=O) groups excluding carboxylic acids is 3. The number of fused-ring (bicyclic) bond motifs is 5. The van der Waals surface area contributed by atoms with Gasteiger partial charge in [-0.25, -0.2) is 4.79 Å². The minimum absolute atomic E-state index is 0.0334. The van der Waals surface area contributed by atoms with E-state index in [0.717, 1.165) is 12.8 Å².